The van der Waals surface area contributed by atoms with E-state index in [1.807, 2.05) is 27.7 Å². The Hall–Kier alpha value is -0.450. The molecule has 20 heavy (non-hydrogen) atoms. The highest BCUT2D eigenvalue weighted by atomic mass is 16.5. The number of ketones is 1. The summed E-state index contributed by atoms with van der Waals surface area (Å²) in [6, 6.07) is 0. The molecule has 1 saturated heterocycles. The zero-order valence-electron chi connectivity index (χ0n) is 13.0. The van der Waals surface area contributed by atoms with Gasteiger partial charge in [0.05, 0.1) is 29.8 Å². The lowest BCUT2D eigenvalue weighted by atomic mass is 9.68. The smallest absolute Gasteiger partial charge is 0.143 e. The van der Waals surface area contributed by atoms with E-state index in [-0.39, 0.29) is 29.3 Å². The second kappa shape index (κ2) is 5.74. The van der Waals surface area contributed by atoms with Gasteiger partial charge in [-0.3, -0.25) is 4.79 Å². The van der Waals surface area contributed by atoms with Crippen molar-refractivity contribution < 1.29 is 19.7 Å². The zero-order chi connectivity index (χ0) is 15.1. The summed E-state index contributed by atoms with van der Waals surface area (Å²) in [5, 5.41) is 20.9. The van der Waals surface area contributed by atoms with Gasteiger partial charge in [0.15, 0.2) is 0 Å². The molecule has 116 valence electrons. The van der Waals surface area contributed by atoms with Crippen LogP contribution in [-0.2, 0) is 9.53 Å². The molecule has 0 aromatic carbocycles. The molecule has 2 aliphatic rings. The van der Waals surface area contributed by atoms with Gasteiger partial charge in [-0.15, -0.1) is 0 Å². The molecule has 2 fully saturated rings. The third-order valence-electron chi connectivity index (χ3n) is 5.15. The van der Waals surface area contributed by atoms with Crippen LogP contribution in [0.3, 0.4) is 0 Å². The van der Waals surface area contributed by atoms with Crippen molar-refractivity contribution in [1.29, 1.82) is 0 Å². The number of aliphatic hydroxyl groups is 2. The molecule has 4 heteroatoms. The van der Waals surface area contributed by atoms with Crippen molar-refractivity contribution in [2.45, 2.75) is 77.3 Å². The Kier molecular flexibility index (Phi) is 4.57. The first-order valence-electron chi connectivity index (χ1n) is 7.84. The van der Waals surface area contributed by atoms with E-state index in [0.29, 0.717) is 6.42 Å². The first-order chi connectivity index (χ1) is 9.26. The molecule has 0 spiro atoms. The standard InChI is InChI=1S/C16H28O4/c1-5-9(2)14(18)13-11(17)8-12-10(15(13)19)6-7-16(3,4)20-12/h9-13,15,17,19H,5-8H2,1-4H3/t9-,10?,11?,12?,13?,15?/m1/s1. The van der Waals surface area contributed by atoms with Crippen LogP contribution < -0.4 is 0 Å². The fraction of sp³-hybridized carbons (Fsp3) is 0.938. The number of carbonyl (C=O) groups is 1. The maximum atomic E-state index is 12.4. The van der Waals surface area contributed by atoms with Crippen molar-refractivity contribution >= 4 is 5.78 Å². The van der Waals surface area contributed by atoms with E-state index in [9.17, 15) is 15.0 Å². The topological polar surface area (TPSA) is 66.8 Å². The van der Waals surface area contributed by atoms with Gasteiger partial charge in [-0.25, -0.2) is 0 Å². The molecule has 0 aromatic heterocycles. The number of ether oxygens (including phenoxy) is 1. The maximum absolute atomic E-state index is 12.4. The molecule has 2 N–H and O–H groups in total. The second-order valence-electron chi connectivity index (χ2n) is 7.15. The number of carbonyl (C=O) groups excluding carboxylic acids is 1. The Balaban J connectivity index is 2.14. The lowest BCUT2D eigenvalue weighted by molar-refractivity contribution is -0.205. The van der Waals surface area contributed by atoms with Gasteiger partial charge in [0.25, 0.3) is 0 Å². The molecule has 0 bridgehead atoms. The van der Waals surface area contributed by atoms with Crippen LogP contribution in [0.1, 0.15) is 53.4 Å². The number of fused-ring (bicyclic) bond motifs is 1. The van der Waals surface area contributed by atoms with Crippen molar-refractivity contribution in [3.63, 3.8) is 0 Å². The van der Waals surface area contributed by atoms with Gasteiger partial charge < -0.3 is 14.9 Å². The Morgan fingerprint density at radius 2 is 2.05 bits per heavy atom. The lowest BCUT2D eigenvalue weighted by Gasteiger charge is -2.49. The van der Waals surface area contributed by atoms with Crippen LogP contribution >= 0.6 is 0 Å². The zero-order valence-corrected chi connectivity index (χ0v) is 13.0. The summed E-state index contributed by atoms with van der Waals surface area (Å²) in [7, 11) is 0. The number of rotatable bonds is 3. The average Bonchev–Trinajstić information content (AvgIpc) is 2.35. The fourth-order valence-electron chi connectivity index (χ4n) is 3.64. The minimum Gasteiger partial charge on any atom is -0.392 e. The Morgan fingerprint density at radius 1 is 1.40 bits per heavy atom. The summed E-state index contributed by atoms with van der Waals surface area (Å²) in [6.07, 6.45) is 1.24. The number of Topliss-reactive ketones (excluding diaryl/α,β-unsaturated/α-hetero) is 1. The van der Waals surface area contributed by atoms with E-state index in [0.717, 1.165) is 19.3 Å². The van der Waals surface area contributed by atoms with Gasteiger partial charge in [-0.05, 0) is 33.1 Å². The van der Waals surface area contributed by atoms with E-state index in [1.54, 1.807) is 0 Å². The average molecular weight is 284 g/mol. The monoisotopic (exact) mass is 284 g/mol. The Morgan fingerprint density at radius 3 is 2.65 bits per heavy atom. The number of hydrogen-bond donors (Lipinski definition) is 2. The first-order valence-corrected chi connectivity index (χ1v) is 7.84. The van der Waals surface area contributed by atoms with Gasteiger partial charge in [-0.2, -0.15) is 0 Å². The Bertz CT molecular complexity index is 365. The molecular formula is C16H28O4. The number of hydrogen-bond acceptors (Lipinski definition) is 4. The molecule has 1 aliphatic carbocycles. The van der Waals surface area contributed by atoms with Gasteiger partial charge in [0.1, 0.15) is 5.78 Å². The summed E-state index contributed by atoms with van der Waals surface area (Å²) >= 11 is 0. The van der Waals surface area contributed by atoms with Gasteiger partial charge in [0, 0.05) is 18.3 Å². The molecule has 1 heterocycles. The minimum absolute atomic E-state index is 0.00390. The third-order valence-corrected chi connectivity index (χ3v) is 5.15. The van der Waals surface area contributed by atoms with Crippen LogP contribution in [0.2, 0.25) is 0 Å². The molecule has 5 unspecified atom stereocenters. The molecule has 6 atom stereocenters. The first kappa shape index (κ1) is 15.9. The van der Waals surface area contributed by atoms with Crippen molar-refractivity contribution in [3.05, 3.63) is 0 Å². The number of aliphatic hydroxyl groups excluding tert-OH is 2. The SMILES string of the molecule is CC[C@@H](C)C(=O)C1C(O)CC2OC(C)(C)CCC2C1O. The van der Waals surface area contributed by atoms with Crippen molar-refractivity contribution in [3.8, 4) is 0 Å². The van der Waals surface area contributed by atoms with E-state index >= 15 is 0 Å². The molecule has 2 rings (SSSR count). The van der Waals surface area contributed by atoms with Crippen molar-refractivity contribution in [1.82, 2.24) is 0 Å². The van der Waals surface area contributed by atoms with Crippen LogP contribution in [0.15, 0.2) is 0 Å². The second-order valence-corrected chi connectivity index (χ2v) is 7.15. The molecule has 0 amide bonds. The van der Waals surface area contributed by atoms with Crippen LogP contribution in [0.25, 0.3) is 0 Å². The minimum atomic E-state index is -0.790. The molecule has 1 aliphatic heterocycles. The summed E-state index contributed by atoms with van der Waals surface area (Å²) in [5.74, 6) is -0.780. The predicted molar refractivity (Wildman–Crippen MR) is 76.3 cm³/mol. The lowest BCUT2D eigenvalue weighted by Crippen LogP contribution is -2.57. The van der Waals surface area contributed by atoms with E-state index in [2.05, 4.69) is 0 Å². The van der Waals surface area contributed by atoms with E-state index < -0.39 is 18.1 Å². The van der Waals surface area contributed by atoms with Crippen LogP contribution in [-0.4, -0.2) is 39.9 Å². The van der Waals surface area contributed by atoms with Gasteiger partial charge >= 0.3 is 0 Å². The highest BCUT2D eigenvalue weighted by Gasteiger charge is 2.50. The highest BCUT2D eigenvalue weighted by Crippen LogP contribution is 2.43. The van der Waals surface area contributed by atoms with Crippen LogP contribution in [0, 0.1) is 17.8 Å². The van der Waals surface area contributed by atoms with Crippen molar-refractivity contribution in [2.75, 3.05) is 0 Å². The van der Waals surface area contributed by atoms with Crippen molar-refractivity contribution in [2.24, 2.45) is 17.8 Å². The largest absolute Gasteiger partial charge is 0.392 e. The van der Waals surface area contributed by atoms with Crippen LogP contribution in [0.5, 0.6) is 0 Å². The summed E-state index contributed by atoms with van der Waals surface area (Å²) in [6.45, 7) is 7.91. The molecule has 1 saturated carbocycles. The molecule has 0 aromatic rings. The Labute approximate surface area is 121 Å². The third kappa shape index (κ3) is 2.92. The molecule has 0 radical (unpaired) electrons. The molecular weight excluding hydrogens is 256 g/mol. The van der Waals surface area contributed by atoms with Gasteiger partial charge in [-0.1, -0.05) is 13.8 Å². The normalized spacial score (nSPS) is 41.8. The molecule has 4 nitrogen and oxygen atoms in total. The summed E-state index contributed by atoms with van der Waals surface area (Å²) in [4.78, 5) is 12.4. The van der Waals surface area contributed by atoms with Crippen LogP contribution in [0.4, 0.5) is 0 Å². The van der Waals surface area contributed by atoms with E-state index in [1.165, 1.54) is 0 Å². The van der Waals surface area contributed by atoms with E-state index in [4.69, 9.17) is 4.74 Å². The predicted octanol–water partition coefficient (Wildman–Crippen LogP) is 1.92. The van der Waals surface area contributed by atoms with Gasteiger partial charge in [0.2, 0.25) is 0 Å². The summed E-state index contributed by atoms with van der Waals surface area (Å²) < 4.78 is 6.00. The summed E-state index contributed by atoms with van der Waals surface area (Å²) in [5.41, 5.74) is -0.200. The highest BCUT2D eigenvalue weighted by molar-refractivity contribution is 5.84. The quantitative estimate of drug-likeness (QED) is 0.831. The maximum Gasteiger partial charge on any atom is 0.143 e. The fourth-order valence-corrected chi connectivity index (χ4v) is 3.64.